The molecule has 0 fully saturated rings. The molecule has 0 aromatic heterocycles. The maximum atomic E-state index is 11.8. The lowest BCUT2D eigenvalue weighted by Crippen LogP contribution is -2.50. The number of carbonyl (C=O) groups excluding carboxylic acids is 2. The van der Waals surface area contributed by atoms with Crippen molar-refractivity contribution < 1.29 is 9.59 Å². The van der Waals surface area contributed by atoms with Crippen molar-refractivity contribution in [2.75, 3.05) is 13.6 Å². The Morgan fingerprint density at radius 1 is 1.14 bits per heavy atom. The molecule has 3 amide bonds. The molecule has 5 heteroatoms. The molecule has 1 aromatic carbocycles. The van der Waals surface area contributed by atoms with Crippen LogP contribution < -0.4 is 10.6 Å². The van der Waals surface area contributed by atoms with Crippen molar-refractivity contribution in [2.45, 2.75) is 39.8 Å². The van der Waals surface area contributed by atoms with Gasteiger partial charge in [-0.1, -0.05) is 29.8 Å². The number of aryl methyl sites for hydroxylation is 1. The van der Waals surface area contributed by atoms with Gasteiger partial charge in [0.1, 0.15) is 0 Å². The third-order valence-electron chi connectivity index (χ3n) is 2.73. The summed E-state index contributed by atoms with van der Waals surface area (Å²) in [7, 11) is 1.85. The van der Waals surface area contributed by atoms with Gasteiger partial charge in [-0.3, -0.25) is 15.0 Å². The molecule has 0 saturated heterocycles. The van der Waals surface area contributed by atoms with Crippen molar-refractivity contribution >= 4 is 11.9 Å². The summed E-state index contributed by atoms with van der Waals surface area (Å²) in [6.45, 7) is 8.45. The topological polar surface area (TPSA) is 61.4 Å². The minimum atomic E-state index is -0.462. The predicted molar refractivity (Wildman–Crippen MR) is 83.9 cm³/mol. The minimum absolute atomic E-state index is 0.172. The largest absolute Gasteiger partial charge is 0.333 e. The van der Waals surface area contributed by atoms with E-state index >= 15 is 0 Å². The summed E-state index contributed by atoms with van der Waals surface area (Å²) in [5, 5.41) is 5.02. The fourth-order valence-corrected chi connectivity index (χ4v) is 1.84. The molecule has 1 rings (SSSR count). The van der Waals surface area contributed by atoms with Gasteiger partial charge in [-0.05, 0) is 40.3 Å². The van der Waals surface area contributed by atoms with Crippen LogP contribution in [0, 0.1) is 6.92 Å². The Balaban J connectivity index is 2.40. The number of benzene rings is 1. The van der Waals surface area contributed by atoms with E-state index in [1.165, 1.54) is 5.56 Å². The van der Waals surface area contributed by atoms with Gasteiger partial charge < -0.3 is 5.32 Å². The van der Waals surface area contributed by atoms with Crippen LogP contribution in [-0.2, 0) is 11.3 Å². The second kappa shape index (κ2) is 7.22. The van der Waals surface area contributed by atoms with Gasteiger partial charge in [0.25, 0.3) is 0 Å². The zero-order chi connectivity index (χ0) is 16.0. The molecular formula is C16H25N3O2. The standard InChI is InChI=1S/C16H25N3O2/c1-12-6-8-13(9-7-12)10-19(5)11-14(20)17-15(21)18-16(2,3)4/h6-9H,10-11H2,1-5H3,(H2,17,18,20,21). The fraction of sp³-hybridized carbons (Fsp3) is 0.500. The Hall–Kier alpha value is -1.88. The van der Waals surface area contributed by atoms with Crippen molar-refractivity contribution in [1.82, 2.24) is 15.5 Å². The number of rotatable bonds is 4. The van der Waals surface area contributed by atoms with Crippen LogP contribution in [-0.4, -0.2) is 36.0 Å². The van der Waals surface area contributed by atoms with E-state index in [0.29, 0.717) is 6.54 Å². The molecule has 5 nitrogen and oxygen atoms in total. The first-order valence-corrected chi connectivity index (χ1v) is 7.02. The average Bonchev–Trinajstić information content (AvgIpc) is 2.28. The van der Waals surface area contributed by atoms with Crippen LogP contribution in [0.3, 0.4) is 0 Å². The molecule has 0 saturated carbocycles. The Morgan fingerprint density at radius 3 is 2.24 bits per heavy atom. The highest BCUT2D eigenvalue weighted by atomic mass is 16.2. The van der Waals surface area contributed by atoms with E-state index < -0.39 is 6.03 Å². The summed E-state index contributed by atoms with van der Waals surface area (Å²) in [6, 6.07) is 7.70. The summed E-state index contributed by atoms with van der Waals surface area (Å²) in [5.41, 5.74) is 1.98. The highest BCUT2D eigenvalue weighted by molar-refractivity contribution is 5.95. The lowest BCUT2D eigenvalue weighted by molar-refractivity contribution is -0.121. The molecule has 0 aliphatic rings. The van der Waals surface area contributed by atoms with Crippen LogP contribution in [0.4, 0.5) is 4.79 Å². The SMILES string of the molecule is Cc1ccc(CN(C)CC(=O)NC(=O)NC(C)(C)C)cc1. The van der Waals surface area contributed by atoms with Crippen LogP contribution in [0.1, 0.15) is 31.9 Å². The molecule has 0 aliphatic heterocycles. The maximum Gasteiger partial charge on any atom is 0.321 e. The van der Waals surface area contributed by atoms with Gasteiger partial charge in [0.05, 0.1) is 6.54 Å². The summed E-state index contributed by atoms with van der Waals surface area (Å²) < 4.78 is 0. The monoisotopic (exact) mass is 291 g/mol. The van der Waals surface area contributed by atoms with Crippen molar-refractivity contribution in [2.24, 2.45) is 0 Å². The number of urea groups is 1. The molecule has 0 aliphatic carbocycles. The number of carbonyl (C=O) groups is 2. The number of nitrogens with zero attached hydrogens (tertiary/aromatic N) is 1. The van der Waals surface area contributed by atoms with Crippen molar-refractivity contribution in [3.8, 4) is 0 Å². The van der Waals surface area contributed by atoms with Crippen molar-refractivity contribution in [1.29, 1.82) is 0 Å². The van der Waals surface area contributed by atoms with Crippen LogP contribution in [0.25, 0.3) is 0 Å². The van der Waals surface area contributed by atoms with Gasteiger partial charge >= 0.3 is 6.03 Å². The molecule has 0 heterocycles. The number of hydrogen-bond acceptors (Lipinski definition) is 3. The minimum Gasteiger partial charge on any atom is -0.333 e. The summed E-state index contributed by atoms with van der Waals surface area (Å²) in [6.07, 6.45) is 0. The van der Waals surface area contributed by atoms with Gasteiger partial charge in [0.15, 0.2) is 0 Å². The molecule has 0 bridgehead atoms. The summed E-state index contributed by atoms with van der Waals surface area (Å²) in [4.78, 5) is 25.2. The van der Waals surface area contributed by atoms with E-state index in [9.17, 15) is 9.59 Å². The smallest absolute Gasteiger partial charge is 0.321 e. The van der Waals surface area contributed by atoms with Crippen molar-refractivity contribution in [3.05, 3.63) is 35.4 Å². The molecule has 2 N–H and O–H groups in total. The zero-order valence-electron chi connectivity index (χ0n) is 13.5. The summed E-state index contributed by atoms with van der Waals surface area (Å²) >= 11 is 0. The third kappa shape index (κ3) is 7.46. The number of imide groups is 1. The first kappa shape index (κ1) is 17.2. The van der Waals surface area contributed by atoms with Gasteiger partial charge in [-0.15, -0.1) is 0 Å². The lowest BCUT2D eigenvalue weighted by atomic mass is 10.1. The van der Waals surface area contributed by atoms with Crippen molar-refractivity contribution in [3.63, 3.8) is 0 Å². The van der Waals surface area contributed by atoms with E-state index in [1.807, 2.05) is 63.9 Å². The van der Waals surface area contributed by atoms with Crippen LogP contribution in [0.15, 0.2) is 24.3 Å². The Bertz CT molecular complexity index is 489. The molecular weight excluding hydrogens is 266 g/mol. The zero-order valence-corrected chi connectivity index (χ0v) is 13.5. The van der Waals surface area contributed by atoms with Gasteiger partial charge in [0.2, 0.25) is 5.91 Å². The molecule has 0 atom stereocenters. The predicted octanol–water partition coefficient (Wildman–Crippen LogP) is 2.05. The van der Waals surface area contributed by atoms with E-state index in [-0.39, 0.29) is 18.0 Å². The lowest BCUT2D eigenvalue weighted by Gasteiger charge is -2.21. The highest BCUT2D eigenvalue weighted by Gasteiger charge is 2.16. The van der Waals surface area contributed by atoms with Gasteiger partial charge in [0, 0.05) is 12.1 Å². The molecule has 21 heavy (non-hydrogen) atoms. The molecule has 0 unspecified atom stereocenters. The first-order chi connectivity index (χ1) is 9.65. The first-order valence-electron chi connectivity index (χ1n) is 7.02. The van der Waals surface area contributed by atoms with Gasteiger partial charge in [-0.2, -0.15) is 0 Å². The Morgan fingerprint density at radius 2 is 1.71 bits per heavy atom. The fourth-order valence-electron chi connectivity index (χ4n) is 1.84. The Kier molecular flexibility index (Phi) is 5.90. The second-order valence-electron chi connectivity index (χ2n) is 6.41. The van der Waals surface area contributed by atoms with E-state index in [2.05, 4.69) is 10.6 Å². The quantitative estimate of drug-likeness (QED) is 0.892. The van der Waals surface area contributed by atoms with Gasteiger partial charge in [-0.25, -0.2) is 4.79 Å². The molecule has 0 radical (unpaired) electrons. The average molecular weight is 291 g/mol. The molecule has 116 valence electrons. The van der Waals surface area contributed by atoms with E-state index in [0.717, 1.165) is 5.56 Å². The number of hydrogen-bond donors (Lipinski definition) is 2. The van der Waals surface area contributed by atoms with Crippen LogP contribution in [0.5, 0.6) is 0 Å². The van der Waals surface area contributed by atoms with E-state index in [1.54, 1.807) is 0 Å². The number of amides is 3. The third-order valence-corrected chi connectivity index (χ3v) is 2.73. The van der Waals surface area contributed by atoms with E-state index in [4.69, 9.17) is 0 Å². The van der Waals surface area contributed by atoms with Crippen LogP contribution >= 0.6 is 0 Å². The summed E-state index contributed by atoms with van der Waals surface area (Å²) in [5.74, 6) is -0.314. The highest BCUT2D eigenvalue weighted by Crippen LogP contribution is 2.05. The van der Waals surface area contributed by atoms with Crippen LogP contribution in [0.2, 0.25) is 0 Å². The second-order valence-corrected chi connectivity index (χ2v) is 6.41. The number of nitrogens with one attached hydrogen (secondary N) is 2. The molecule has 1 aromatic rings. The molecule has 0 spiro atoms. The maximum absolute atomic E-state index is 11.8. The Labute approximate surface area is 126 Å². The number of likely N-dealkylation sites (N-methyl/N-ethyl adjacent to an activating group) is 1. The normalized spacial score (nSPS) is 11.3.